The van der Waals surface area contributed by atoms with Crippen LogP contribution in [0.15, 0.2) is 47.4 Å². The third-order valence-electron chi connectivity index (χ3n) is 3.60. The van der Waals surface area contributed by atoms with Crippen molar-refractivity contribution < 1.29 is 26.4 Å². The predicted octanol–water partition coefficient (Wildman–Crippen LogP) is 2.85. The van der Waals surface area contributed by atoms with Crippen LogP contribution in [0.25, 0.3) is 0 Å². The van der Waals surface area contributed by atoms with Crippen LogP contribution >= 0.6 is 11.6 Å². The summed E-state index contributed by atoms with van der Waals surface area (Å²) in [4.78, 5) is 11.5. The number of benzene rings is 2. The Hall–Kier alpha value is -2.30. The average molecular weight is 422 g/mol. The lowest BCUT2D eigenvalue weighted by Gasteiger charge is -2.25. The first kappa shape index (κ1) is 21.0. The first-order valence-corrected chi connectivity index (χ1v) is 9.24. The zero-order valence-corrected chi connectivity index (χ0v) is 15.5. The normalized spacial score (nSPS) is 11.9. The highest BCUT2D eigenvalue weighted by Gasteiger charge is 2.35. The molecular weight excluding hydrogens is 407 g/mol. The lowest BCUT2D eigenvalue weighted by atomic mass is 10.2. The van der Waals surface area contributed by atoms with Crippen molar-refractivity contribution in [3.63, 3.8) is 0 Å². The molecule has 6 nitrogen and oxygen atoms in total. The van der Waals surface area contributed by atoms with E-state index in [0.717, 1.165) is 17.7 Å². The molecule has 1 amide bonds. The molecule has 0 aromatic heterocycles. The van der Waals surface area contributed by atoms with Gasteiger partial charge in [-0.3, -0.25) is 14.5 Å². The number of nitrogens with one attached hydrogen (secondary N) is 1. The molecule has 2 aromatic rings. The first-order valence-electron chi connectivity index (χ1n) is 7.42. The minimum atomic E-state index is -4.80. The lowest BCUT2D eigenvalue weighted by molar-refractivity contribution is -0.137. The molecule has 27 heavy (non-hydrogen) atoms. The number of alkyl halides is 3. The van der Waals surface area contributed by atoms with Crippen molar-refractivity contribution in [1.29, 1.82) is 0 Å². The summed E-state index contributed by atoms with van der Waals surface area (Å²) in [6, 6.07) is 8.19. The summed E-state index contributed by atoms with van der Waals surface area (Å²) in [5.74, 6) is 4.09. The Morgan fingerprint density at radius 3 is 2.30 bits per heavy atom. The number of rotatable bonds is 5. The Kier molecular flexibility index (Phi) is 6.03. The summed E-state index contributed by atoms with van der Waals surface area (Å²) < 4.78 is 65.8. The highest BCUT2D eigenvalue weighted by atomic mass is 35.5. The van der Waals surface area contributed by atoms with Crippen molar-refractivity contribution in [3.8, 4) is 0 Å². The molecule has 2 aromatic carbocycles. The number of nitrogens with zero attached hydrogens (tertiary/aromatic N) is 1. The summed E-state index contributed by atoms with van der Waals surface area (Å²) in [5, 5.41) is -0.595. The molecule has 0 saturated carbocycles. The molecule has 0 aliphatic heterocycles. The minimum absolute atomic E-state index is 0.193. The van der Waals surface area contributed by atoms with Crippen molar-refractivity contribution in [2.75, 3.05) is 10.8 Å². The van der Waals surface area contributed by atoms with Gasteiger partial charge in [-0.05, 0) is 37.3 Å². The van der Waals surface area contributed by atoms with Crippen molar-refractivity contribution in [3.05, 3.63) is 58.6 Å². The first-order chi connectivity index (χ1) is 12.5. The molecule has 146 valence electrons. The fourth-order valence-corrected chi connectivity index (χ4v) is 3.85. The second-order valence-corrected chi connectivity index (χ2v) is 7.82. The van der Waals surface area contributed by atoms with E-state index < -0.39 is 39.2 Å². The van der Waals surface area contributed by atoms with Crippen LogP contribution in [0.1, 0.15) is 11.1 Å². The van der Waals surface area contributed by atoms with Crippen LogP contribution in [-0.4, -0.2) is 20.9 Å². The molecule has 0 bridgehead atoms. The molecular formula is C16H15ClF3N3O3S. The standard InChI is InChI=1S/C16H15ClF3N3O3S/c1-10-2-5-12(6-3-10)27(25,26)23(9-15(24)22-21)11-4-7-14(17)13(8-11)16(18,19)20/h2-8H,9,21H2,1H3,(H,22,24). The smallest absolute Gasteiger partial charge is 0.293 e. The molecule has 0 aliphatic rings. The molecule has 0 radical (unpaired) electrons. The van der Waals surface area contributed by atoms with Crippen LogP contribution < -0.4 is 15.6 Å². The molecule has 0 fully saturated rings. The number of hydrogen-bond acceptors (Lipinski definition) is 4. The van der Waals surface area contributed by atoms with Gasteiger partial charge in [0.15, 0.2) is 0 Å². The van der Waals surface area contributed by atoms with Gasteiger partial charge >= 0.3 is 6.18 Å². The van der Waals surface area contributed by atoms with E-state index in [1.54, 1.807) is 12.3 Å². The zero-order chi connectivity index (χ0) is 20.4. The van der Waals surface area contributed by atoms with Gasteiger partial charge in [0.25, 0.3) is 15.9 Å². The highest BCUT2D eigenvalue weighted by Crippen LogP contribution is 2.37. The van der Waals surface area contributed by atoms with Gasteiger partial charge in [-0.15, -0.1) is 0 Å². The van der Waals surface area contributed by atoms with Gasteiger partial charge < -0.3 is 0 Å². The molecule has 0 heterocycles. The minimum Gasteiger partial charge on any atom is -0.293 e. The molecule has 11 heteroatoms. The topological polar surface area (TPSA) is 92.5 Å². The van der Waals surface area contributed by atoms with Crippen molar-refractivity contribution >= 4 is 33.2 Å². The summed E-state index contributed by atoms with van der Waals surface area (Å²) in [7, 11) is -4.34. The van der Waals surface area contributed by atoms with E-state index >= 15 is 0 Å². The third kappa shape index (κ3) is 4.71. The van der Waals surface area contributed by atoms with Crippen molar-refractivity contribution in [2.45, 2.75) is 18.0 Å². The SMILES string of the molecule is Cc1ccc(S(=O)(=O)N(CC(=O)NN)c2ccc(Cl)c(C(F)(F)F)c2)cc1. The largest absolute Gasteiger partial charge is 0.417 e. The van der Waals surface area contributed by atoms with E-state index in [2.05, 4.69) is 0 Å². The second kappa shape index (κ2) is 7.75. The molecule has 0 aliphatic carbocycles. The van der Waals surface area contributed by atoms with Gasteiger partial charge in [-0.25, -0.2) is 14.3 Å². The number of anilines is 1. The maximum absolute atomic E-state index is 13.1. The highest BCUT2D eigenvalue weighted by molar-refractivity contribution is 7.92. The number of sulfonamides is 1. The predicted molar refractivity (Wildman–Crippen MR) is 94.5 cm³/mol. The van der Waals surface area contributed by atoms with Gasteiger partial charge in [-0.2, -0.15) is 13.2 Å². The number of hydrogen-bond donors (Lipinski definition) is 2. The zero-order valence-electron chi connectivity index (χ0n) is 13.9. The molecule has 0 saturated heterocycles. The Morgan fingerprint density at radius 2 is 1.78 bits per heavy atom. The number of amides is 1. The third-order valence-corrected chi connectivity index (χ3v) is 5.72. The van der Waals surface area contributed by atoms with Crippen LogP contribution in [0.3, 0.4) is 0 Å². The fourth-order valence-electron chi connectivity index (χ4n) is 2.21. The van der Waals surface area contributed by atoms with Crippen LogP contribution in [0.2, 0.25) is 5.02 Å². The van der Waals surface area contributed by atoms with Gasteiger partial charge in [-0.1, -0.05) is 29.3 Å². The van der Waals surface area contributed by atoms with Gasteiger partial charge in [0.1, 0.15) is 6.54 Å². The molecule has 0 unspecified atom stereocenters. The van der Waals surface area contributed by atoms with Gasteiger partial charge in [0, 0.05) is 0 Å². The number of carbonyl (C=O) groups is 1. The molecule has 3 N–H and O–H groups in total. The summed E-state index contributed by atoms with van der Waals surface area (Å²) in [6.45, 7) is 0.927. The second-order valence-electron chi connectivity index (χ2n) is 5.55. The monoisotopic (exact) mass is 421 g/mol. The van der Waals surface area contributed by atoms with E-state index in [-0.39, 0.29) is 10.6 Å². The molecule has 2 rings (SSSR count). The van der Waals surface area contributed by atoms with Crippen LogP contribution in [0.4, 0.5) is 18.9 Å². The number of hydrazine groups is 1. The van der Waals surface area contributed by atoms with E-state index in [1.807, 2.05) is 0 Å². The van der Waals surface area contributed by atoms with Gasteiger partial charge in [0.2, 0.25) is 0 Å². The number of carbonyl (C=O) groups excluding carboxylic acids is 1. The van der Waals surface area contributed by atoms with E-state index in [9.17, 15) is 26.4 Å². The Morgan fingerprint density at radius 1 is 1.19 bits per heavy atom. The van der Waals surface area contributed by atoms with Crippen LogP contribution in [-0.2, 0) is 21.0 Å². The average Bonchev–Trinajstić information content (AvgIpc) is 2.59. The number of aryl methyl sites for hydroxylation is 1. The fraction of sp³-hybridized carbons (Fsp3) is 0.188. The number of nitrogens with two attached hydrogens (primary N) is 1. The van der Waals surface area contributed by atoms with E-state index in [0.29, 0.717) is 10.4 Å². The van der Waals surface area contributed by atoms with Crippen LogP contribution in [0.5, 0.6) is 0 Å². The summed E-state index contributed by atoms with van der Waals surface area (Å²) in [5.41, 5.74) is 0.942. The molecule has 0 spiro atoms. The van der Waals surface area contributed by atoms with E-state index in [1.165, 1.54) is 24.3 Å². The summed E-state index contributed by atoms with van der Waals surface area (Å²) >= 11 is 5.58. The Balaban J connectivity index is 2.62. The quantitative estimate of drug-likeness (QED) is 0.441. The van der Waals surface area contributed by atoms with Crippen LogP contribution in [0, 0.1) is 6.92 Å². The van der Waals surface area contributed by atoms with Gasteiger partial charge in [0.05, 0.1) is 21.2 Å². The van der Waals surface area contributed by atoms with Crippen molar-refractivity contribution in [1.82, 2.24) is 5.43 Å². The van der Waals surface area contributed by atoms with E-state index in [4.69, 9.17) is 17.4 Å². The maximum atomic E-state index is 13.1. The lowest BCUT2D eigenvalue weighted by Crippen LogP contribution is -2.43. The van der Waals surface area contributed by atoms with Crippen molar-refractivity contribution in [2.24, 2.45) is 5.84 Å². The number of halogens is 4. The Labute approximate surface area is 158 Å². The maximum Gasteiger partial charge on any atom is 0.417 e. The summed E-state index contributed by atoms with van der Waals surface area (Å²) in [6.07, 6.45) is -4.80. The Bertz CT molecular complexity index is 948. The molecule has 0 atom stereocenters.